The van der Waals surface area contributed by atoms with Crippen molar-refractivity contribution in [1.29, 1.82) is 0 Å². The van der Waals surface area contributed by atoms with Gasteiger partial charge in [0.05, 0.1) is 5.69 Å². The van der Waals surface area contributed by atoms with Gasteiger partial charge in [-0.1, -0.05) is 86.7 Å². The molecule has 3 heteroatoms. The lowest BCUT2D eigenvalue weighted by Gasteiger charge is -2.33. The van der Waals surface area contributed by atoms with E-state index >= 15 is 0 Å². The van der Waals surface area contributed by atoms with Gasteiger partial charge in [0.2, 0.25) is 0 Å². The number of hydrogen-bond acceptors (Lipinski definition) is 3. The highest BCUT2D eigenvalue weighted by molar-refractivity contribution is 6.22. The lowest BCUT2D eigenvalue weighted by Crippen LogP contribution is -2.29. The monoisotopic (exact) mass is 665 g/mol. The second kappa shape index (κ2) is 12.1. The molecule has 0 radical (unpaired) electrons. The van der Waals surface area contributed by atoms with Gasteiger partial charge in [-0.15, -0.1) is 0 Å². The Morgan fingerprint density at radius 2 is 1.22 bits per heavy atom. The maximum absolute atomic E-state index is 5.21. The van der Waals surface area contributed by atoms with Crippen LogP contribution >= 0.6 is 0 Å². The fourth-order valence-electron chi connectivity index (χ4n) is 10.1. The number of piperidine rings is 2. The average Bonchev–Trinajstić information content (AvgIpc) is 3.42. The standard InChI is InChI=1S/C48H47N3/c1-48(2)43-16-8-7-15-37(43)38-20-17-33(29-44(38)48)45-39-21-18-35(51-27-11-4-12-28-51)31-42(39)46(47-36-14-6-5-13-32(36)23-24-49-47)40-22-19-34(30-41(40)45)50-25-9-3-10-26-50/h5-8,13-24,30-31,44H,3-4,9-12,25-29H2,1-2H3. The zero-order valence-electron chi connectivity index (χ0n) is 30.1. The molecule has 2 fully saturated rings. The number of pyridine rings is 1. The summed E-state index contributed by atoms with van der Waals surface area (Å²) in [6, 6.07) is 34.8. The normalized spacial score (nSPS) is 20.0. The molecule has 51 heavy (non-hydrogen) atoms. The summed E-state index contributed by atoms with van der Waals surface area (Å²) < 4.78 is 0. The molecule has 254 valence electrons. The Kier molecular flexibility index (Phi) is 7.34. The predicted octanol–water partition coefficient (Wildman–Crippen LogP) is 12.0. The third-order valence-corrected chi connectivity index (χ3v) is 12.8. The Balaban J connectivity index is 1.28. The molecule has 3 nitrogen and oxygen atoms in total. The molecule has 2 saturated heterocycles. The Labute approximate surface area is 302 Å². The first-order valence-electron chi connectivity index (χ1n) is 19.4. The van der Waals surface area contributed by atoms with E-state index in [0.717, 1.165) is 38.3 Å². The molecule has 5 aromatic carbocycles. The molecule has 0 amide bonds. The molecule has 0 N–H and O–H groups in total. The smallest absolute Gasteiger partial charge is 0.0792 e. The van der Waals surface area contributed by atoms with Crippen LogP contribution in [0.5, 0.6) is 0 Å². The first-order valence-corrected chi connectivity index (χ1v) is 19.4. The average molecular weight is 666 g/mol. The molecule has 1 aromatic heterocycles. The van der Waals surface area contributed by atoms with Crippen LogP contribution in [0.2, 0.25) is 0 Å². The van der Waals surface area contributed by atoms with Crippen molar-refractivity contribution in [3.8, 4) is 11.3 Å². The van der Waals surface area contributed by atoms with Crippen LogP contribution in [-0.4, -0.2) is 31.2 Å². The SMILES string of the molecule is CC1(C)c2ccccc2C2=CC=C(c3c4cc(N5CCCCC5)ccc4c(-c4nccc5ccccc45)c4cc(N5CCCCC5)ccc34)CC21. The van der Waals surface area contributed by atoms with E-state index in [0.29, 0.717) is 5.92 Å². The van der Waals surface area contributed by atoms with E-state index in [4.69, 9.17) is 4.98 Å². The van der Waals surface area contributed by atoms with E-state index in [9.17, 15) is 0 Å². The molecular weight excluding hydrogens is 619 g/mol. The Morgan fingerprint density at radius 1 is 0.588 bits per heavy atom. The highest BCUT2D eigenvalue weighted by Gasteiger charge is 2.44. The van der Waals surface area contributed by atoms with Crippen LogP contribution in [0, 0.1) is 5.92 Å². The summed E-state index contributed by atoms with van der Waals surface area (Å²) in [7, 11) is 0. The van der Waals surface area contributed by atoms with Gasteiger partial charge in [-0.3, -0.25) is 4.98 Å². The van der Waals surface area contributed by atoms with Gasteiger partial charge in [0.15, 0.2) is 0 Å². The van der Waals surface area contributed by atoms with E-state index in [1.807, 2.05) is 6.20 Å². The number of anilines is 2. The van der Waals surface area contributed by atoms with Crippen LogP contribution in [0.25, 0.3) is 54.7 Å². The molecule has 0 spiro atoms. The second-order valence-electron chi connectivity index (χ2n) is 16.0. The van der Waals surface area contributed by atoms with E-state index in [-0.39, 0.29) is 5.41 Å². The van der Waals surface area contributed by atoms with Crippen molar-refractivity contribution in [2.24, 2.45) is 5.92 Å². The lowest BCUT2D eigenvalue weighted by atomic mass is 9.71. The zero-order chi connectivity index (χ0) is 34.1. The van der Waals surface area contributed by atoms with Gasteiger partial charge < -0.3 is 9.80 Å². The van der Waals surface area contributed by atoms with Gasteiger partial charge in [0.1, 0.15) is 0 Å². The fraction of sp³-hybridized carbons (Fsp3) is 0.312. The maximum atomic E-state index is 5.21. The van der Waals surface area contributed by atoms with E-state index in [1.54, 1.807) is 0 Å². The van der Waals surface area contributed by atoms with E-state index in [1.165, 1.54) is 116 Å². The second-order valence-corrected chi connectivity index (χ2v) is 16.0. The Morgan fingerprint density at radius 3 is 1.94 bits per heavy atom. The first kappa shape index (κ1) is 30.9. The molecule has 3 heterocycles. The summed E-state index contributed by atoms with van der Waals surface area (Å²) in [5.74, 6) is 0.442. The maximum Gasteiger partial charge on any atom is 0.0792 e. The van der Waals surface area contributed by atoms with Crippen molar-refractivity contribution in [1.82, 2.24) is 4.98 Å². The number of hydrogen-bond donors (Lipinski definition) is 0. The molecule has 2 aliphatic heterocycles. The van der Waals surface area contributed by atoms with Crippen LogP contribution in [0.4, 0.5) is 11.4 Å². The molecule has 6 aromatic rings. The number of nitrogens with zero attached hydrogens (tertiary/aromatic N) is 3. The topological polar surface area (TPSA) is 19.4 Å². The highest BCUT2D eigenvalue weighted by atomic mass is 15.1. The highest BCUT2D eigenvalue weighted by Crippen LogP contribution is 2.56. The molecule has 0 bridgehead atoms. The lowest BCUT2D eigenvalue weighted by molar-refractivity contribution is 0.418. The molecule has 4 aliphatic rings. The van der Waals surface area contributed by atoms with Gasteiger partial charge in [-0.2, -0.15) is 0 Å². The van der Waals surface area contributed by atoms with Crippen molar-refractivity contribution >= 4 is 54.8 Å². The van der Waals surface area contributed by atoms with Gasteiger partial charge in [-0.05, 0) is 141 Å². The van der Waals surface area contributed by atoms with Crippen molar-refractivity contribution in [2.75, 3.05) is 36.0 Å². The first-order chi connectivity index (χ1) is 25.1. The number of rotatable bonds is 4. The van der Waals surface area contributed by atoms with Crippen molar-refractivity contribution < 1.29 is 0 Å². The summed E-state index contributed by atoms with van der Waals surface area (Å²) in [4.78, 5) is 10.4. The largest absolute Gasteiger partial charge is 0.372 e. The fourth-order valence-corrected chi connectivity index (χ4v) is 10.1. The number of allylic oxidation sites excluding steroid dienone is 4. The van der Waals surface area contributed by atoms with Crippen molar-refractivity contribution in [3.63, 3.8) is 0 Å². The summed E-state index contributed by atoms with van der Waals surface area (Å²) in [6.07, 6.45) is 15.7. The van der Waals surface area contributed by atoms with Crippen molar-refractivity contribution in [2.45, 2.75) is 64.2 Å². The van der Waals surface area contributed by atoms with Crippen LogP contribution < -0.4 is 9.80 Å². The predicted molar refractivity (Wildman–Crippen MR) is 218 cm³/mol. The molecule has 1 atom stereocenters. The van der Waals surface area contributed by atoms with E-state index in [2.05, 4.69) is 127 Å². The minimum atomic E-state index is 0.0702. The van der Waals surface area contributed by atoms with Gasteiger partial charge in [-0.25, -0.2) is 0 Å². The van der Waals surface area contributed by atoms with Crippen LogP contribution in [0.1, 0.15) is 75.5 Å². The minimum absolute atomic E-state index is 0.0702. The van der Waals surface area contributed by atoms with Gasteiger partial charge in [0, 0.05) is 54.7 Å². The third kappa shape index (κ3) is 4.95. The number of benzene rings is 5. The molecule has 1 unspecified atom stereocenters. The van der Waals surface area contributed by atoms with E-state index < -0.39 is 0 Å². The van der Waals surface area contributed by atoms with Crippen LogP contribution in [0.3, 0.4) is 0 Å². The Hall–Kier alpha value is -4.89. The minimum Gasteiger partial charge on any atom is -0.372 e. The molecule has 0 saturated carbocycles. The summed E-state index contributed by atoms with van der Waals surface area (Å²) in [5, 5.41) is 7.79. The summed E-state index contributed by atoms with van der Waals surface area (Å²) >= 11 is 0. The van der Waals surface area contributed by atoms with Gasteiger partial charge in [0.25, 0.3) is 0 Å². The number of fused-ring (bicyclic) bond motifs is 6. The molecular formula is C48H47N3. The van der Waals surface area contributed by atoms with Crippen LogP contribution in [-0.2, 0) is 5.41 Å². The summed E-state index contributed by atoms with van der Waals surface area (Å²) in [5.41, 5.74) is 12.4. The quantitative estimate of drug-likeness (QED) is 0.175. The summed E-state index contributed by atoms with van der Waals surface area (Å²) in [6.45, 7) is 9.45. The van der Waals surface area contributed by atoms with Crippen molar-refractivity contribution in [3.05, 3.63) is 126 Å². The third-order valence-electron chi connectivity index (χ3n) is 12.8. The van der Waals surface area contributed by atoms with Crippen LogP contribution in [0.15, 0.2) is 109 Å². The number of aromatic nitrogens is 1. The van der Waals surface area contributed by atoms with Gasteiger partial charge >= 0.3 is 0 Å². The Bertz CT molecular complexity index is 2390. The molecule has 2 aliphatic carbocycles. The zero-order valence-corrected chi connectivity index (χ0v) is 30.1. The molecule has 10 rings (SSSR count).